The van der Waals surface area contributed by atoms with E-state index in [1.807, 2.05) is 64.2 Å². The highest BCUT2D eigenvalue weighted by Gasteiger charge is 2.09. The van der Waals surface area contributed by atoms with Crippen LogP contribution in [0.1, 0.15) is 18.2 Å². The van der Waals surface area contributed by atoms with E-state index in [9.17, 15) is 4.79 Å². The van der Waals surface area contributed by atoms with E-state index in [2.05, 4.69) is 4.98 Å². The first-order valence-corrected chi connectivity index (χ1v) is 8.07. The minimum atomic E-state index is 0.0107. The molecule has 22 heavy (non-hydrogen) atoms. The first kappa shape index (κ1) is 14.5. The normalized spacial score (nSPS) is 11.3. The van der Waals surface area contributed by atoms with Gasteiger partial charge in [-0.15, -0.1) is 11.3 Å². The molecule has 0 spiro atoms. The van der Waals surface area contributed by atoms with Crippen molar-refractivity contribution in [2.75, 3.05) is 6.54 Å². The van der Waals surface area contributed by atoms with Crippen molar-refractivity contribution in [1.29, 1.82) is 0 Å². The van der Waals surface area contributed by atoms with Crippen LogP contribution in [0.4, 0.5) is 0 Å². The zero-order valence-corrected chi connectivity index (χ0v) is 13.2. The summed E-state index contributed by atoms with van der Waals surface area (Å²) >= 11 is 1.58. The largest absolute Gasteiger partial charge is 0.335 e. The number of amides is 1. The number of fused-ring (bicyclic) bond motifs is 1. The molecule has 1 amide bonds. The molecule has 1 aromatic carbocycles. The summed E-state index contributed by atoms with van der Waals surface area (Å²) < 4.78 is 1.97. The number of carbonyl (C=O) groups excluding carboxylic acids is 1. The van der Waals surface area contributed by atoms with E-state index in [0.29, 0.717) is 13.1 Å². The maximum Gasteiger partial charge on any atom is 0.246 e. The Labute approximate surface area is 133 Å². The standard InChI is InChI=1S/C17H17N3OS/c1-2-19(13-14-6-4-3-5-7-14)16(21)9-8-15-12-18-17-20(15)10-11-22-17/h3-12H,2,13H2,1H3/b9-8+. The van der Waals surface area contributed by atoms with Gasteiger partial charge in [-0.1, -0.05) is 30.3 Å². The van der Waals surface area contributed by atoms with Gasteiger partial charge >= 0.3 is 0 Å². The van der Waals surface area contributed by atoms with Gasteiger partial charge in [0.2, 0.25) is 5.91 Å². The predicted molar refractivity (Wildman–Crippen MR) is 89.6 cm³/mol. The van der Waals surface area contributed by atoms with Gasteiger partial charge in [-0.3, -0.25) is 9.20 Å². The Morgan fingerprint density at radius 1 is 1.36 bits per heavy atom. The molecule has 2 heterocycles. The lowest BCUT2D eigenvalue weighted by molar-refractivity contribution is -0.126. The Morgan fingerprint density at radius 2 is 2.18 bits per heavy atom. The smallest absolute Gasteiger partial charge is 0.246 e. The van der Waals surface area contributed by atoms with Crippen LogP contribution in [0.15, 0.2) is 54.2 Å². The first-order valence-electron chi connectivity index (χ1n) is 7.19. The molecule has 0 aliphatic carbocycles. The second kappa shape index (κ2) is 6.58. The third-order valence-electron chi connectivity index (χ3n) is 3.48. The number of nitrogens with zero attached hydrogens (tertiary/aromatic N) is 3. The van der Waals surface area contributed by atoms with Crippen molar-refractivity contribution in [2.24, 2.45) is 0 Å². The monoisotopic (exact) mass is 311 g/mol. The van der Waals surface area contributed by atoms with Crippen LogP contribution in [0.3, 0.4) is 0 Å². The topological polar surface area (TPSA) is 37.6 Å². The van der Waals surface area contributed by atoms with Crippen LogP contribution in [0, 0.1) is 0 Å². The molecule has 0 fully saturated rings. The summed E-state index contributed by atoms with van der Waals surface area (Å²) in [7, 11) is 0. The van der Waals surface area contributed by atoms with Crippen molar-refractivity contribution < 1.29 is 4.79 Å². The molecule has 112 valence electrons. The van der Waals surface area contributed by atoms with Crippen molar-refractivity contribution in [3.63, 3.8) is 0 Å². The molecule has 0 unspecified atom stereocenters. The van der Waals surface area contributed by atoms with Crippen LogP contribution < -0.4 is 0 Å². The highest BCUT2D eigenvalue weighted by Crippen LogP contribution is 2.14. The van der Waals surface area contributed by atoms with Crippen molar-refractivity contribution in [1.82, 2.24) is 14.3 Å². The fourth-order valence-corrected chi connectivity index (χ4v) is 2.98. The van der Waals surface area contributed by atoms with Crippen molar-refractivity contribution >= 4 is 28.3 Å². The summed E-state index contributed by atoms with van der Waals surface area (Å²) in [5.41, 5.74) is 2.05. The SMILES string of the molecule is CCN(Cc1ccccc1)C(=O)/C=C/c1cnc2sccn12. The van der Waals surface area contributed by atoms with E-state index in [1.165, 1.54) is 0 Å². The van der Waals surface area contributed by atoms with Crippen molar-refractivity contribution in [3.8, 4) is 0 Å². The van der Waals surface area contributed by atoms with Gasteiger partial charge < -0.3 is 4.90 Å². The average Bonchev–Trinajstić information content (AvgIpc) is 3.15. The maximum absolute atomic E-state index is 12.4. The van der Waals surface area contributed by atoms with Crippen molar-refractivity contribution in [2.45, 2.75) is 13.5 Å². The fraction of sp³-hybridized carbons (Fsp3) is 0.176. The van der Waals surface area contributed by atoms with Gasteiger partial charge in [0.05, 0.1) is 11.9 Å². The fourth-order valence-electron chi connectivity index (χ4n) is 2.28. The van der Waals surface area contributed by atoms with Crippen LogP contribution in [0.25, 0.3) is 11.0 Å². The quantitative estimate of drug-likeness (QED) is 0.677. The summed E-state index contributed by atoms with van der Waals surface area (Å²) in [4.78, 5) is 19.4. The van der Waals surface area contributed by atoms with Crippen LogP contribution in [0.2, 0.25) is 0 Å². The number of hydrogen-bond donors (Lipinski definition) is 0. The zero-order chi connectivity index (χ0) is 15.4. The summed E-state index contributed by atoms with van der Waals surface area (Å²) in [6.45, 7) is 3.30. The highest BCUT2D eigenvalue weighted by atomic mass is 32.1. The molecular formula is C17H17N3OS. The van der Waals surface area contributed by atoms with Crippen LogP contribution >= 0.6 is 11.3 Å². The Balaban J connectivity index is 1.72. The van der Waals surface area contributed by atoms with Gasteiger partial charge in [0.15, 0.2) is 4.96 Å². The molecular weight excluding hydrogens is 294 g/mol. The second-order valence-corrected chi connectivity index (χ2v) is 5.78. The highest BCUT2D eigenvalue weighted by molar-refractivity contribution is 7.15. The molecule has 3 rings (SSSR count). The molecule has 2 aromatic heterocycles. The lowest BCUT2D eigenvalue weighted by atomic mass is 10.2. The van der Waals surface area contributed by atoms with E-state index >= 15 is 0 Å². The molecule has 0 saturated heterocycles. The van der Waals surface area contributed by atoms with Crippen LogP contribution in [0.5, 0.6) is 0 Å². The lowest BCUT2D eigenvalue weighted by Gasteiger charge is -2.19. The van der Waals surface area contributed by atoms with E-state index in [1.54, 1.807) is 23.6 Å². The second-order valence-electron chi connectivity index (χ2n) is 4.91. The molecule has 0 saturated carbocycles. The molecule has 5 heteroatoms. The average molecular weight is 311 g/mol. The Kier molecular flexibility index (Phi) is 4.34. The minimum absolute atomic E-state index is 0.0107. The predicted octanol–water partition coefficient (Wildman–Crippen LogP) is 3.46. The third kappa shape index (κ3) is 3.09. The molecule has 0 aliphatic heterocycles. The summed E-state index contributed by atoms with van der Waals surface area (Å²) in [6, 6.07) is 10.0. The van der Waals surface area contributed by atoms with E-state index in [-0.39, 0.29) is 5.91 Å². The molecule has 0 bridgehead atoms. The van der Waals surface area contributed by atoms with Gasteiger partial charge in [0.25, 0.3) is 0 Å². The molecule has 3 aromatic rings. The summed E-state index contributed by atoms with van der Waals surface area (Å²) in [5, 5.41) is 1.98. The van der Waals surface area contributed by atoms with Crippen molar-refractivity contribution in [3.05, 3.63) is 65.4 Å². The summed E-state index contributed by atoms with van der Waals surface area (Å²) in [6.07, 6.45) is 7.18. The van der Waals surface area contributed by atoms with Gasteiger partial charge in [-0.25, -0.2) is 4.98 Å². The van der Waals surface area contributed by atoms with E-state index in [4.69, 9.17) is 0 Å². The number of benzene rings is 1. The van der Waals surface area contributed by atoms with Gasteiger partial charge in [0.1, 0.15) is 0 Å². The first-order chi connectivity index (χ1) is 10.8. The van der Waals surface area contributed by atoms with E-state index < -0.39 is 0 Å². The van der Waals surface area contributed by atoms with E-state index in [0.717, 1.165) is 16.2 Å². The number of imidazole rings is 1. The maximum atomic E-state index is 12.4. The van der Waals surface area contributed by atoms with Gasteiger partial charge in [-0.05, 0) is 18.6 Å². The minimum Gasteiger partial charge on any atom is -0.335 e. The molecule has 0 radical (unpaired) electrons. The summed E-state index contributed by atoms with van der Waals surface area (Å²) in [5.74, 6) is 0.0107. The Bertz CT molecular complexity index is 788. The van der Waals surface area contributed by atoms with Crippen LogP contribution in [-0.4, -0.2) is 26.7 Å². The number of thiazole rings is 1. The number of aromatic nitrogens is 2. The lowest BCUT2D eigenvalue weighted by Crippen LogP contribution is -2.28. The number of likely N-dealkylation sites (N-methyl/N-ethyl adjacent to an activating group) is 1. The Morgan fingerprint density at radius 3 is 2.95 bits per heavy atom. The molecule has 4 nitrogen and oxygen atoms in total. The zero-order valence-electron chi connectivity index (χ0n) is 12.3. The number of rotatable bonds is 5. The van der Waals surface area contributed by atoms with Crippen LogP contribution in [-0.2, 0) is 11.3 Å². The molecule has 0 aliphatic rings. The molecule has 0 atom stereocenters. The molecule has 0 N–H and O–H groups in total. The Hall–Kier alpha value is -2.40. The number of hydrogen-bond acceptors (Lipinski definition) is 3. The number of carbonyl (C=O) groups is 1. The van der Waals surface area contributed by atoms with Gasteiger partial charge in [-0.2, -0.15) is 0 Å². The third-order valence-corrected chi connectivity index (χ3v) is 4.25. The van der Waals surface area contributed by atoms with Gasteiger partial charge in [0, 0.05) is 30.7 Å².